The van der Waals surface area contributed by atoms with E-state index in [0.717, 1.165) is 5.56 Å². The molecule has 0 bridgehead atoms. The first-order chi connectivity index (χ1) is 11.0. The molecule has 0 heterocycles. The second kappa shape index (κ2) is 7.79. The fourth-order valence-corrected chi connectivity index (χ4v) is 1.94. The van der Waals surface area contributed by atoms with Crippen LogP contribution in [-0.4, -0.2) is 17.0 Å². The molecule has 2 aromatic carbocycles. The largest absolute Gasteiger partial charge is 0.489 e. The molecule has 5 nitrogen and oxygen atoms in total. The maximum atomic E-state index is 11.1. The molecule has 0 saturated carbocycles. The van der Waals surface area contributed by atoms with Crippen LogP contribution in [0.1, 0.15) is 18.1 Å². The smallest absolute Gasteiger partial charge is 0.352 e. The average Bonchev–Trinajstić information content (AvgIpc) is 2.53. The summed E-state index contributed by atoms with van der Waals surface area (Å²) < 4.78 is 5.69. The molecule has 0 spiro atoms. The molecule has 0 atom stereocenters. The molecular weight excluding hydrogens is 294 g/mol. The Bertz CT molecular complexity index is 723. The monoisotopic (exact) mass is 311 g/mol. The molecule has 1 amide bonds. The minimum Gasteiger partial charge on any atom is -0.489 e. The number of carboxylic acids is 1. The molecular formula is C18H17NO4. The van der Waals surface area contributed by atoms with E-state index < -0.39 is 11.9 Å². The van der Waals surface area contributed by atoms with Crippen LogP contribution < -0.4 is 10.1 Å². The van der Waals surface area contributed by atoms with E-state index in [2.05, 4.69) is 5.32 Å². The van der Waals surface area contributed by atoms with Crippen molar-refractivity contribution < 1.29 is 19.4 Å². The van der Waals surface area contributed by atoms with Crippen molar-refractivity contribution in [3.05, 3.63) is 71.4 Å². The van der Waals surface area contributed by atoms with E-state index in [1.54, 1.807) is 24.3 Å². The van der Waals surface area contributed by atoms with Crippen LogP contribution in [0.15, 0.2) is 60.3 Å². The Hall–Kier alpha value is -3.08. The van der Waals surface area contributed by atoms with Gasteiger partial charge in [0.2, 0.25) is 5.91 Å². The summed E-state index contributed by atoms with van der Waals surface area (Å²) in [5.74, 6) is -1.01. The molecule has 2 aromatic rings. The number of hydrogen-bond donors (Lipinski definition) is 2. The molecule has 0 radical (unpaired) electrons. The van der Waals surface area contributed by atoms with Crippen molar-refractivity contribution >= 4 is 18.0 Å². The van der Waals surface area contributed by atoms with E-state index in [1.807, 2.05) is 30.3 Å². The number of nitrogens with one attached hydrogen (secondary N) is 1. The van der Waals surface area contributed by atoms with Crippen LogP contribution in [0.5, 0.6) is 5.75 Å². The highest BCUT2D eigenvalue weighted by Gasteiger charge is 2.09. The van der Waals surface area contributed by atoms with Gasteiger partial charge in [0, 0.05) is 6.92 Å². The van der Waals surface area contributed by atoms with E-state index in [4.69, 9.17) is 9.84 Å². The summed E-state index contributed by atoms with van der Waals surface area (Å²) in [5, 5.41) is 11.4. The van der Waals surface area contributed by atoms with Gasteiger partial charge in [0.25, 0.3) is 0 Å². The number of rotatable bonds is 6. The summed E-state index contributed by atoms with van der Waals surface area (Å²) in [4.78, 5) is 22.2. The van der Waals surface area contributed by atoms with Gasteiger partial charge in [0.15, 0.2) is 0 Å². The van der Waals surface area contributed by atoms with Crippen molar-refractivity contribution in [2.75, 3.05) is 0 Å². The predicted octanol–water partition coefficient (Wildman–Crippen LogP) is 2.83. The van der Waals surface area contributed by atoms with Gasteiger partial charge in [0.1, 0.15) is 18.1 Å². The number of benzene rings is 2. The lowest BCUT2D eigenvalue weighted by molar-refractivity contribution is -0.134. The first kappa shape index (κ1) is 16.3. The van der Waals surface area contributed by atoms with Gasteiger partial charge in [-0.15, -0.1) is 0 Å². The summed E-state index contributed by atoms with van der Waals surface area (Å²) in [6.45, 7) is 1.68. The summed E-state index contributed by atoms with van der Waals surface area (Å²) in [5.41, 5.74) is 1.48. The van der Waals surface area contributed by atoms with Crippen molar-refractivity contribution in [1.82, 2.24) is 5.32 Å². The highest BCUT2D eigenvalue weighted by Crippen LogP contribution is 2.17. The van der Waals surface area contributed by atoms with E-state index in [1.165, 1.54) is 13.0 Å². The second-order valence-electron chi connectivity index (χ2n) is 4.89. The van der Waals surface area contributed by atoms with Gasteiger partial charge in [-0.25, -0.2) is 4.79 Å². The predicted molar refractivity (Wildman–Crippen MR) is 86.6 cm³/mol. The van der Waals surface area contributed by atoms with Crippen LogP contribution in [0.2, 0.25) is 0 Å². The van der Waals surface area contributed by atoms with Crippen molar-refractivity contribution in [3.63, 3.8) is 0 Å². The minimum absolute atomic E-state index is 0.183. The zero-order valence-corrected chi connectivity index (χ0v) is 12.7. The Morgan fingerprint density at radius 3 is 2.52 bits per heavy atom. The third kappa shape index (κ3) is 5.32. The highest BCUT2D eigenvalue weighted by atomic mass is 16.5. The third-order valence-corrected chi connectivity index (χ3v) is 2.96. The number of carbonyl (C=O) groups is 2. The molecule has 0 fully saturated rings. The number of ether oxygens (including phenoxy) is 1. The molecule has 0 unspecified atom stereocenters. The lowest BCUT2D eigenvalue weighted by atomic mass is 10.1. The zero-order chi connectivity index (χ0) is 16.7. The van der Waals surface area contributed by atoms with Gasteiger partial charge < -0.3 is 15.2 Å². The van der Waals surface area contributed by atoms with Gasteiger partial charge in [0.05, 0.1) is 0 Å². The number of hydrogen-bond acceptors (Lipinski definition) is 3. The Kier molecular flexibility index (Phi) is 5.52. The SMILES string of the molecule is CC(=O)NC(=Cc1cccc(OCc2ccccc2)c1)C(=O)O. The van der Waals surface area contributed by atoms with Gasteiger partial charge in [-0.3, -0.25) is 4.79 Å². The van der Waals surface area contributed by atoms with Crippen LogP contribution in [-0.2, 0) is 16.2 Å². The van der Waals surface area contributed by atoms with Gasteiger partial charge in [-0.2, -0.15) is 0 Å². The number of carboxylic acid groups (broad SMARTS) is 1. The summed E-state index contributed by atoms with van der Waals surface area (Å²) in [6.07, 6.45) is 1.39. The van der Waals surface area contributed by atoms with Crippen molar-refractivity contribution in [2.24, 2.45) is 0 Å². The van der Waals surface area contributed by atoms with Gasteiger partial charge >= 0.3 is 5.97 Å². The van der Waals surface area contributed by atoms with Crippen molar-refractivity contribution in [1.29, 1.82) is 0 Å². The molecule has 0 aliphatic carbocycles. The first-order valence-electron chi connectivity index (χ1n) is 7.04. The fourth-order valence-electron chi connectivity index (χ4n) is 1.94. The van der Waals surface area contributed by atoms with Crippen LogP contribution in [0.25, 0.3) is 6.08 Å². The second-order valence-corrected chi connectivity index (χ2v) is 4.89. The quantitative estimate of drug-likeness (QED) is 0.804. The number of aliphatic carboxylic acids is 1. The molecule has 0 aromatic heterocycles. The molecule has 0 saturated heterocycles. The number of carbonyl (C=O) groups excluding carboxylic acids is 1. The van der Waals surface area contributed by atoms with E-state index >= 15 is 0 Å². The summed E-state index contributed by atoms with van der Waals surface area (Å²) >= 11 is 0. The van der Waals surface area contributed by atoms with Crippen molar-refractivity contribution in [2.45, 2.75) is 13.5 Å². The molecule has 2 N–H and O–H groups in total. The molecule has 118 valence electrons. The van der Waals surface area contributed by atoms with Crippen LogP contribution in [0.3, 0.4) is 0 Å². The maximum Gasteiger partial charge on any atom is 0.352 e. The zero-order valence-electron chi connectivity index (χ0n) is 12.7. The normalized spacial score (nSPS) is 10.9. The summed E-state index contributed by atoms with van der Waals surface area (Å²) in [6, 6.07) is 16.7. The van der Waals surface area contributed by atoms with E-state index in [9.17, 15) is 9.59 Å². The number of amides is 1. The van der Waals surface area contributed by atoms with Gasteiger partial charge in [-0.1, -0.05) is 42.5 Å². The van der Waals surface area contributed by atoms with Crippen molar-refractivity contribution in [3.8, 4) is 5.75 Å². The average molecular weight is 311 g/mol. The maximum absolute atomic E-state index is 11.1. The lowest BCUT2D eigenvalue weighted by Crippen LogP contribution is -2.24. The lowest BCUT2D eigenvalue weighted by Gasteiger charge is -2.08. The van der Waals surface area contributed by atoms with E-state index in [0.29, 0.717) is 17.9 Å². The highest BCUT2D eigenvalue weighted by molar-refractivity contribution is 5.96. The summed E-state index contributed by atoms with van der Waals surface area (Å²) in [7, 11) is 0. The van der Waals surface area contributed by atoms with Gasteiger partial charge in [-0.05, 0) is 29.3 Å². The Labute approximate surface area is 134 Å². The van der Waals surface area contributed by atoms with E-state index in [-0.39, 0.29) is 5.70 Å². The Morgan fingerprint density at radius 2 is 1.87 bits per heavy atom. The van der Waals surface area contributed by atoms with Crippen LogP contribution in [0.4, 0.5) is 0 Å². The molecule has 0 aliphatic rings. The molecule has 5 heteroatoms. The topological polar surface area (TPSA) is 75.6 Å². The Morgan fingerprint density at radius 1 is 1.13 bits per heavy atom. The Balaban J connectivity index is 2.12. The fraction of sp³-hybridized carbons (Fsp3) is 0.111. The molecule has 23 heavy (non-hydrogen) atoms. The molecule has 0 aliphatic heterocycles. The first-order valence-corrected chi connectivity index (χ1v) is 7.04. The van der Waals surface area contributed by atoms with Crippen LogP contribution >= 0.6 is 0 Å². The third-order valence-electron chi connectivity index (χ3n) is 2.96. The molecule has 2 rings (SSSR count). The standard InChI is InChI=1S/C18H17NO4/c1-13(20)19-17(18(21)22)11-15-8-5-9-16(10-15)23-12-14-6-3-2-4-7-14/h2-11H,12H2,1H3,(H,19,20)(H,21,22). The minimum atomic E-state index is -1.20. The van der Waals surface area contributed by atoms with Crippen LogP contribution in [0, 0.1) is 0 Å².